The number of aryl methyl sites for hydroxylation is 1. The lowest BCUT2D eigenvalue weighted by molar-refractivity contribution is 0.200. The molecule has 3 rings (SSSR count). The number of para-hydroxylation sites is 2. The van der Waals surface area contributed by atoms with E-state index in [0.29, 0.717) is 24.5 Å². The minimum Gasteiger partial charge on any atom is -0.495 e. The molecule has 0 saturated carbocycles. The molecule has 5 nitrogen and oxygen atoms in total. The molecule has 0 unspecified atom stereocenters. The molecular weight excluding hydrogens is 314 g/mol. The number of nitrogens with zero attached hydrogens (tertiary/aromatic N) is 2. The van der Waals surface area contributed by atoms with Crippen LogP contribution in [-0.2, 0) is 0 Å². The Morgan fingerprint density at radius 1 is 1.12 bits per heavy atom. The molecule has 0 aliphatic carbocycles. The van der Waals surface area contributed by atoms with Crippen LogP contribution in [-0.4, -0.2) is 43.7 Å². The van der Waals surface area contributed by atoms with Crippen LogP contribution in [0.4, 0.5) is 16.2 Å². The molecule has 0 aromatic heterocycles. The number of hydrogen-bond donors (Lipinski definition) is 1. The van der Waals surface area contributed by atoms with Crippen LogP contribution in [0.15, 0.2) is 48.5 Å². The van der Waals surface area contributed by atoms with E-state index < -0.39 is 0 Å². The van der Waals surface area contributed by atoms with E-state index in [1.807, 2.05) is 29.2 Å². The van der Waals surface area contributed by atoms with E-state index in [1.165, 1.54) is 11.3 Å². The molecule has 25 heavy (non-hydrogen) atoms. The molecule has 1 heterocycles. The van der Waals surface area contributed by atoms with Crippen molar-refractivity contribution in [3.63, 3.8) is 0 Å². The first kappa shape index (κ1) is 17.1. The first-order chi connectivity index (χ1) is 12.1. The predicted molar refractivity (Wildman–Crippen MR) is 102 cm³/mol. The Labute approximate surface area is 149 Å². The highest BCUT2D eigenvalue weighted by atomic mass is 16.5. The van der Waals surface area contributed by atoms with Gasteiger partial charge >= 0.3 is 6.03 Å². The molecule has 132 valence electrons. The highest BCUT2D eigenvalue weighted by molar-refractivity contribution is 5.91. The van der Waals surface area contributed by atoms with Gasteiger partial charge in [0.15, 0.2) is 0 Å². The van der Waals surface area contributed by atoms with Crippen molar-refractivity contribution < 1.29 is 9.53 Å². The lowest BCUT2D eigenvalue weighted by Gasteiger charge is -2.41. The minimum atomic E-state index is -0.0834. The summed E-state index contributed by atoms with van der Waals surface area (Å²) < 4.78 is 5.30. The minimum absolute atomic E-state index is 0.0834. The second-order valence-corrected chi connectivity index (χ2v) is 6.45. The van der Waals surface area contributed by atoms with Gasteiger partial charge in [0.1, 0.15) is 5.75 Å². The van der Waals surface area contributed by atoms with E-state index in [2.05, 4.69) is 48.3 Å². The smallest absolute Gasteiger partial charge is 0.322 e. The number of carbonyl (C=O) groups is 1. The Bertz CT molecular complexity index is 730. The van der Waals surface area contributed by atoms with Crippen LogP contribution in [0.25, 0.3) is 0 Å². The Morgan fingerprint density at radius 3 is 2.52 bits per heavy atom. The van der Waals surface area contributed by atoms with E-state index in [-0.39, 0.29) is 12.1 Å². The first-order valence-corrected chi connectivity index (χ1v) is 8.60. The maximum absolute atomic E-state index is 12.6. The van der Waals surface area contributed by atoms with Crippen molar-refractivity contribution in [2.45, 2.75) is 19.9 Å². The number of benzene rings is 2. The molecule has 0 bridgehead atoms. The van der Waals surface area contributed by atoms with Gasteiger partial charge in [-0.15, -0.1) is 0 Å². The number of anilines is 2. The van der Waals surface area contributed by atoms with Crippen molar-refractivity contribution >= 4 is 17.4 Å². The number of ether oxygens (including phenoxy) is 1. The topological polar surface area (TPSA) is 44.8 Å². The number of nitrogens with one attached hydrogen (secondary N) is 1. The van der Waals surface area contributed by atoms with Gasteiger partial charge < -0.3 is 19.9 Å². The fourth-order valence-corrected chi connectivity index (χ4v) is 3.20. The van der Waals surface area contributed by atoms with Gasteiger partial charge in [-0.1, -0.05) is 29.8 Å². The zero-order valence-corrected chi connectivity index (χ0v) is 15.0. The van der Waals surface area contributed by atoms with Gasteiger partial charge in [-0.05, 0) is 38.1 Å². The second kappa shape index (κ2) is 7.47. The van der Waals surface area contributed by atoms with Gasteiger partial charge in [-0.2, -0.15) is 0 Å². The molecular formula is C20H25N3O2. The highest BCUT2D eigenvalue weighted by Crippen LogP contribution is 2.25. The maximum Gasteiger partial charge on any atom is 0.322 e. The molecule has 0 radical (unpaired) electrons. The monoisotopic (exact) mass is 339 g/mol. The highest BCUT2D eigenvalue weighted by Gasteiger charge is 2.27. The maximum atomic E-state index is 12.6. The molecule has 1 saturated heterocycles. The average Bonchev–Trinajstić information content (AvgIpc) is 2.63. The summed E-state index contributed by atoms with van der Waals surface area (Å²) in [7, 11) is 1.60. The summed E-state index contributed by atoms with van der Waals surface area (Å²) in [6, 6.07) is 16.2. The molecule has 1 N–H and O–H groups in total. The molecule has 1 fully saturated rings. The van der Waals surface area contributed by atoms with E-state index in [1.54, 1.807) is 7.11 Å². The fourth-order valence-electron chi connectivity index (χ4n) is 3.20. The number of methoxy groups -OCH3 is 1. The summed E-state index contributed by atoms with van der Waals surface area (Å²) >= 11 is 0. The predicted octanol–water partition coefficient (Wildman–Crippen LogP) is 3.75. The summed E-state index contributed by atoms with van der Waals surface area (Å²) in [4.78, 5) is 16.8. The number of urea groups is 1. The molecule has 1 aliphatic heterocycles. The van der Waals surface area contributed by atoms with E-state index in [0.717, 1.165) is 6.54 Å². The number of hydrogen-bond acceptors (Lipinski definition) is 3. The van der Waals surface area contributed by atoms with E-state index in [9.17, 15) is 4.79 Å². The van der Waals surface area contributed by atoms with Crippen LogP contribution in [0.2, 0.25) is 0 Å². The van der Waals surface area contributed by atoms with Crippen molar-refractivity contribution in [2.75, 3.05) is 37.0 Å². The van der Waals surface area contributed by atoms with Crippen LogP contribution < -0.4 is 15.0 Å². The third-order valence-electron chi connectivity index (χ3n) is 4.63. The number of carbonyl (C=O) groups excluding carboxylic acids is 1. The van der Waals surface area contributed by atoms with Gasteiger partial charge in [-0.25, -0.2) is 4.79 Å². The number of rotatable bonds is 3. The van der Waals surface area contributed by atoms with Crippen molar-refractivity contribution in [3.05, 3.63) is 54.1 Å². The molecule has 2 aromatic carbocycles. The third kappa shape index (κ3) is 3.87. The summed E-state index contributed by atoms with van der Waals surface area (Å²) in [5.74, 6) is 0.669. The first-order valence-electron chi connectivity index (χ1n) is 8.60. The average molecular weight is 339 g/mol. The van der Waals surface area contributed by atoms with Gasteiger partial charge in [0, 0.05) is 31.4 Å². The number of piperazine rings is 1. The van der Waals surface area contributed by atoms with Gasteiger partial charge in [-0.3, -0.25) is 0 Å². The normalized spacial score (nSPS) is 17.3. The van der Waals surface area contributed by atoms with Crippen LogP contribution >= 0.6 is 0 Å². The molecule has 0 spiro atoms. The zero-order valence-electron chi connectivity index (χ0n) is 15.0. The van der Waals surface area contributed by atoms with E-state index in [4.69, 9.17) is 4.74 Å². The molecule has 2 aromatic rings. The van der Waals surface area contributed by atoms with Crippen molar-refractivity contribution in [1.82, 2.24) is 4.90 Å². The lowest BCUT2D eigenvalue weighted by Crippen LogP contribution is -2.54. The standard InChI is InChI=1S/C20H25N3O2/c1-15-8-10-17(11-9-15)23-13-12-22(14-16(23)2)20(24)21-18-6-4-5-7-19(18)25-3/h4-11,16H,12-14H2,1-3H3,(H,21,24)/t16-/m0/s1. The van der Waals surface area contributed by atoms with Crippen LogP contribution in [0, 0.1) is 6.92 Å². The summed E-state index contributed by atoms with van der Waals surface area (Å²) in [5, 5.41) is 2.96. The molecule has 1 atom stereocenters. The van der Waals surface area contributed by atoms with Crippen molar-refractivity contribution in [3.8, 4) is 5.75 Å². The Kier molecular flexibility index (Phi) is 5.12. The third-order valence-corrected chi connectivity index (χ3v) is 4.63. The SMILES string of the molecule is COc1ccccc1NC(=O)N1CCN(c2ccc(C)cc2)[C@@H](C)C1. The van der Waals surface area contributed by atoms with Crippen molar-refractivity contribution in [2.24, 2.45) is 0 Å². The fraction of sp³-hybridized carbons (Fsp3) is 0.350. The summed E-state index contributed by atoms with van der Waals surface area (Å²) in [6.07, 6.45) is 0. The Hall–Kier alpha value is -2.69. The molecule has 1 aliphatic rings. The van der Waals surface area contributed by atoms with Crippen molar-refractivity contribution in [1.29, 1.82) is 0 Å². The number of amides is 2. The van der Waals surface area contributed by atoms with Gasteiger partial charge in [0.25, 0.3) is 0 Å². The summed E-state index contributed by atoms with van der Waals surface area (Å²) in [6.45, 7) is 6.45. The Balaban J connectivity index is 1.64. The lowest BCUT2D eigenvalue weighted by atomic mass is 10.1. The largest absolute Gasteiger partial charge is 0.495 e. The quantitative estimate of drug-likeness (QED) is 0.926. The van der Waals surface area contributed by atoms with Crippen LogP contribution in [0.1, 0.15) is 12.5 Å². The van der Waals surface area contributed by atoms with E-state index >= 15 is 0 Å². The van der Waals surface area contributed by atoms with Gasteiger partial charge in [0.2, 0.25) is 0 Å². The Morgan fingerprint density at radius 2 is 1.84 bits per heavy atom. The van der Waals surface area contributed by atoms with Gasteiger partial charge in [0.05, 0.1) is 12.8 Å². The molecule has 5 heteroatoms. The van der Waals surface area contributed by atoms with Crippen LogP contribution in [0.3, 0.4) is 0 Å². The zero-order chi connectivity index (χ0) is 17.8. The van der Waals surface area contributed by atoms with Crippen LogP contribution in [0.5, 0.6) is 5.75 Å². The summed E-state index contributed by atoms with van der Waals surface area (Å²) in [5.41, 5.74) is 3.16. The second-order valence-electron chi connectivity index (χ2n) is 6.45. The molecule has 2 amide bonds.